The third-order valence-corrected chi connectivity index (χ3v) is 3.35. The summed E-state index contributed by atoms with van der Waals surface area (Å²) in [4.78, 5) is 0. The molecule has 1 N–H and O–H groups in total. The highest BCUT2D eigenvalue weighted by Crippen LogP contribution is 2.17. The fourth-order valence-electron chi connectivity index (χ4n) is 1.74. The number of piperidine rings is 1. The first kappa shape index (κ1) is 12.9. The molecule has 1 saturated heterocycles. The molecule has 0 spiro atoms. The standard InChI is InChI=1S/C12H25NO2/c1-10-5-7-13-9-11(10)15-8-6-12(2,3)14-4/h10-11,13H,5-9H2,1-4H3. The van der Waals surface area contributed by atoms with E-state index >= 15 is 0 Å². The highest BCUT2D eigenvalue weighted by molar-refractivity contribution is 4.76. The predicted molar refractivity (Wildman–Crippen MR) is 62.1 cm³/mol. The van der Waals surface area contributed by atoms with Crippen molar-refractivity contribution in [3.63, 3.8) is 0 Å². The number of ether oxygens (including phenoxy) is 2. The van der Waals surface area contributed by atoms with Gasteiger partial charge in [-0.15, -0.1) is 0 Å². The van der Waals surface area contributed by atoms with Gasteiger partial charge in [0.25, 0.3) is 0 Å². The molecular weight excluding hydrogens is 190 g/mol. The van der Waals surface area contributed by atoms with Gasteiger partial charge in [0.15, 0.2) is 0 Å². The molecule has 0 aromatic carbocycles. The van der Waals surface area contributed by atoms with E-state index in [0.717, 1.165) is 26.1 Å². The highest BCUT2D eigenvalue weighted by Gasteiger charge is 2.23. The smallest absolute Gasteiger partial charge is 0.0725 e. The monoisotopic (exact) mass is 215 g/mol. The first-order valence-corrected chi connectivity index (χ1v) is 5.92. The summed E-state index contributed by atoms with van der Waals surface area (Å²) in [6.45, 7) is 9.38. The van der Waals surface area contributed by atoms with Crippen molar-refractivity contribution in [1.29, 1.82) is 0 Å². The molecule has 2 atom stereocenters. The Kier molecular flexibility index (Phi) is 5.03. The molecule has 3 heteroatoms. The molecule has 15 heavy (non-hydrogen) atoms. The van der Waals surface area contributed by atoms with Gasteiger partial charge in [-0.1, -0.05) is 6.92 Å². The number of hydrogen-bond donors (Lipinski definition) is 1. The summed E-state index contributed by atoms with van der Waals surface area (Å²) in [6.07, 6.45) is 2.55. The van der Waals surface area contributed by atoms with Gasteiger partial charge in [0.2, 0.25) is 0 Å². The number of nitrogens with one attached hydrogen (secondary N) is 1. The van der Waals surface area contributed by atoms with E-state index in [2.05, 4.69) is 26.1 Å². The van der Waals surface area contributed by atoms with E-state index in [1.165, 1.54) is 6.42 Å². The summed E-state index contributed by atoms with van der Waals surface area (Å²) in [5.41, 5.74) is -0.0642. The molecular formula is C12H25NO2. The van der Waals surface area contributed by atoms with E-state index in [1.807, 2.05) is 0 Å². The second kappa shape index (κ2) is 5.83. The van der Waals surface area contributed by atoms with Gasteiger partial charge in [-0.3, -0.25) is 0 Å². The maximum absolute atomic E-state index is 5.89. The minimum absolute atomic E-state index is 0.0642. The Bertz CT molecular complexity index is 182. The average molecular weight is 215 g/mol. The van der Waals surface area contributed by atoms with Crippen molar-refractivity contribution in [2.24, 2.45) is 5.92 Å². The lowest BCUT2D eigenvalue weighted by Gasteiger charge is -2.31. The summed E-state index contributed by atoms with van der Waals surface area (Å²) in [7, 11) is 1.75. The molecule has 3 nitrogen and oxygen atoms in total. The fraction of sp³-hybridized carbons (Fsp3) is 1.00. The fourth-order valence-corrected chi connectivity index (χ4v) is 1.74. The summed E-state index contributed by atoms with van der Waals surface area (Å²) in [5, 5.41) is 3.37. The first-order chi connectivity index (χ1) is 7.05. The van der Waals surface area contributed by atoms with Crippen LogP contribution in [0.5, 0.6) is 0 Å². The molecule has 0 aromatic rings. The van der Waals surface area contributed by atoms with Crippen LogP contribution in [0.25, 0.3) is 0 Å². The summed E-state index contributed by atoms with van der Waals surface area (Å²) in [5.74, 6) is 0.678. The van der Waals surface area contributed by atoms with Crippen molar-refractivity contribution >= 4 is 0 Å². The number of hydrogen-bond acceptors (Lipinski definition) is 3. The van der Waals surface area contributed by atoms with Crippen molar-refractivity contribution in [3.05, 3.63) is 0 Å². The van der Waals surface area contributed by atoms with Crippen LogP contribution >= 0.6 is 0 Å². The van der Waals surface area contributed by atoms with Crippen LogP contribution in [0.15, 0.2) is 0 Å². The van der Waals surface area contributed by atoms with Crippen LogP contribution in [0.2, 0.25) is 0 Å². The Morgan fingerprint density at radius 2 is 2.13 bits per heavy atom. The van der Waals surface area contributed by atoms with Gasteiger partial charge in [0, 0.05) is 20.3 Å². The zero-order chi connectivity index (χ0) is 11.3. The minimum atomic E-state index is -0.0642. The normalized spacial score (nSPS) is 28.0. The average Bonchev–Trinajstić information content (AvgIpc) is 2.21. The molecule has 0 aliphatic carbocycles. The van der Waals surface area contributed by atoms with Gasteiger partial charge in [0.05, 0.1) is 11.7 Å². The van der Waals surface area contributed by atoms with Crippen molar-refractivity contribution in [2.75, 3.05) is 26.8 Å². The first-order valence-electron chi connectivity index (χ1n) is 5.92. The summed E-state index contributed by atoms with van der Waals surface area (Å²) >= 11 is 0. The predicted octanol–water partition coefficient (Wildman–Crippen LogP) is 1.82. The van der Waals surface area contributed by atoms with Crippen LogP contribution in [0.4, 0.5) is 0 Å². The van der Waals surface area contributed by atoms with Gasteiger partial charge in [0.1, 0.15) is 0 Å². The molecule has 1 fully saturated rings. The molecule has 0 amide bonds. The lowest BCUT2D eigenvalue weighted by atomic mass is 9.97. The Balaban J connectivity index is 2.19. The molecule has 90 valence electrons. The van der Waals surface area contributed by atoms with E-state index in [9.17, 15) is 0 Å². The number of methoxy groups -OCH3 is 1. The van der Waals surface area contributed by atoms with Crippen molar-refractivity contribution in [3.8, 4) is 0 Å². The van der Waals surface area contributed by atoms with Gasteiger partial charge in [-0.2, -0.15) is 0 Å². The van der Waals surface area contributed by atoms with Crippen LogP contribution in [0.3, 0.4) is 0 Å². The lowest BCUT2D eigenvalue weighted by molar-refractivity contribution is -0.0437. The minimum Gasteiger partial charge on any atom is -0.379 e. The molecule has 0 radical (unpaired) electrons. The SMILES string of the molecule is COC(C)(C)CCOC1CNCCC1C. The van der Waals surface area contributed by atoms with E-state index in [1.54, 1.807) is 7.11 Å². The zero-order valence-electron chi connectivity index (χ0n) is 10.5. The van der Waals surface area contributed by atoms with Crippen molar-refractivity contribution in [1.82, 2.24) is 5.32 Å². The lowest BCUT2D eigenvalue weighted by Crippen LogP contribution is -2.41. The largest absolute Gasteiger partial charge is 0.379 e. The van der Waals surface area contributed by atoms with E-state index in [4.69, 9.17) is 9.47 Å². The molecule has 0 bridgehead atoms. The van der Waals surface area contributed by atoms with Gasteiger partial charge in [-0.25, -0.2) is 0 Å². The van der Waals surface area contributed by atoms with Gasteiger partial charge in [-0.05, 0) is 39.2 Å². The Labute approximate surface area is 93.5 Å². The van der Waals surface area contributed by atoms with E-state index in [-0.39, 0.29) is 5.60 Å². The van der Waals surface area contributed by atoms with Crippen LogP contribution in [0.1, 0.15) is 33.6 Å². The molecule has 1 aliphatic rings. The third kappa shape index (κ3) is 4.49. The number of rotatable bonds is 5. The van der Waals surface area contributed by atoms with Crippen LogP contribution in [-0.2, 0) is 9.47 Å². The van der Waals surface area contributed by atoms with Gasteiger partial charge >= 0.3 is 0 Å². The summed E-state index contributed by atoms with van der Waals surface area (Å²) in [6, 6.07) is 0. The molecule has 1 heterocycles. The molecule has 0 aromatic heterocycles. The molecule has 1 aliphatic heterocycles. The van der Waals surface area contributed by atoms with Crippen LogP contribution in [-0.4, -0.2) is 38.5 Å². The maximum Gasteiger partial charge on any atom is 0.0725 e. The quantitative estimate of drug-likeness (QED) is 0.759. The second-order valence-electron chi connectivity index (χ2n) is 5.09. The molecule has 1 rings (SSSR count). The van der Waals surface area contributed by atoms with Crippen molar-refractivity contribution < 1.29 is 9.47 Å². The Morgan fingerprint density at radius 1 is 1.40 bits per heavy atom. The zero-order valence-corrected chi connectivity index (χ0v) is 10.5. The van der Waals surface area contributed by atoms with Crippen LogP contribution < -0.4 is 5.32 Å². The molecule has 2 unspecified atom stereocenters. The Morgan fingerprint density at radius 3 is 2.73 bits per heavy atom. The van der Waals surface area contributed by atoms with Gasteiger partial charge < -0.3 is 14.8 Å². The highest BCUT2D eigenvalue weighted by atomic mass is 16.5. The van der Waals surface area contributed by atoms with Crippen molar-refractivity contribution in [2.45, 2.75) is 45.3 Å². The topological polar surface area (TPSA) is 30.5 Å². The molecule has 0 saturated carbocycles. The van der Waals surface area contributed by atoms with Crippen LogP contribution in [0, 0.1) is 5.92 Å². The third-order valence-electron chi connectivity index (χ3n) is 3.35. The maximum atomic E-state index is 5.89. The summed E-state index contributed by atoms with van der Waals surface area (Å²) < 4.78 is 11.2. The second-order valence-corrected chi connectivity index (χ2v) is 5.09. The Hall–Kier alpha value is -0.120. The van der Waals surface area contributed by atoms with E-state index in [0.29, 0.717) is 12.0 Å². The van der Waals surface area contributed by atoms with E-state index < -0.39 is 0 Å².